The minimum absolute atomic E-state index is 0.0923. The zero-order valence-corrected chi connectivity index (χ0v) is 41.3. The molecule has 0 radical (unpaired) electrons. The molecular formula is C51H81N3O17. The summed E-state index contributed by atoms with van der Waals surface area (Å²) >= 11 is 0. The van der Waals surface area contributed by atoms with E-state index in [4.69, 9.17) is 29.4 Å². The largest absolute Gasteiger partial charge is 0.462 e. The Kier molecular flexibility index (Phi) is 25.2. The van der Waals surface area contributed by atoms with E-state index >= 15 is 0 Å². The highest BCUT2D eigenvalue weighted by Crippen LogP contribution is 2.35. The number of fused-ring (bicyclic) bond motifs is 2. The van der Waals surface area contributed by atoms with Gasteiger partial charge in [0.05, 0.1) is 98.9 Å². The molecule has 0 spiro atoms. The number of aliphatic hydroxyl groups is 10. The van der Waals surface area contributed by atoms with Crippen molar-refractivity contribution in [2.45, 2.75) is 183 Å². The summed E-state index contributed by atoms with van der Waals surface area (Å²) in [7, 11) is 0. The van der Waals surface area contributed by atoms with Gasteiger partial charge in [-0.3, -0.25) is 4.79 Å². The molecule has 3 fully saturated rings. The summed E-state index contributed by atoms with van der Waals surface area (Å²) in [5.41, 5.74) is 6.12. The van der Waals surface area contributed by atoms with Crippen LogP contribution in [0.3, 0.4) is 0 Å². The van der Waals surface area contributed by atoms with Crippen molar-refractivity contribution >= 4 is 12.0 Å². The van der Waals surface area contributed by atoms with Crippen molar-refractivity contribution in [3.63, 3.8) is 0 Å². The minimum atomic E-state index is -2.25. The Morgan fingerprint density at radius 3 is 1.90 bits per heavy atom. The number of morpholine rings is 1. The number of hydrogen-bond donors (Lipinski definition) is 12. The summed E-state index contributed by atoms with van der Waals surface area (Å²) in [6, 6.07) is -2.80. The van der Waals surface area contributed by atoms with E-state index in [1.807, 2.05) is 49.5 Å². The smallest absolute Gasteiger partial charge is 0.317 e. The fourth-order valence-corrected chi connectivity index (χ4v) is 8.84. The number of nitrogens with zero attached hydrogens (tertiary/aromatic N) is 1. The molecule has 3 saturated heterocycles. The van der Waals surface area contributed by atoms with Gasteiger partial charge in [0, 0.05) is 50.6 Å². The van der Waals surface area contributed by atoms with Crippen molar-refractivity contribution in [3.8, 4) is 0 Å². The van der Waals surface area contributed by atoms with Crippen LogP contribution in [0.25, 0.3) is 0 Å². The number of nitrogens with one attached hydrogen (secondary N) is 1. The maximum atomic E-state index is 13.5. The molecule has 19 atom stereocenters. The molecule has 20 nitrogen and oxygen atoms in total. The van der Waals surface area contributed by atoms with E-state index in [0.717, 1.165) is 0 Å². The summed E-state index contributed by atoms with van der Waals surface area (Å²) in [6.07, 6.45) is 5.15. The molecule has 4 rings (SSSR count). The van der Waals surface area contributed by atoms with Crippen molar-refractivity contribution in [1.82, 2.24) is 10.2 Å². The van der Waals surface area contributed by atoms with E-state index in [1.54, 1.807) is 63.3 Å². The predicted octanol–water partition coefficient (Wildman–Crippen LogP) is 0.421. The average molecular weight is 1010 g/mol. The maximum Gasteiger partial charge on any atom is 0.317 e. The number of urea groups is 1. The zero-order valence-electron chi connectivity index (χ0n) is 41.3. The highest BCUT2D eigenvalue weighted by Gasteiger charge is 2.49. The van der Waals surface area contributed by atoms with Gasteiger partial charge in [0.25, 0.3) is 0 Å². The molecule has 0 aromatic heterocycles. The minimum Gasteiger partial charge on any atom is -0.462 e. The monoisotopic (exact) mass is 1010 g/mol. The third kappa shape index (κ3) is 19.9. The summed E-state index contributed by atoms with van der Waals surface area (Å²) in [4.78, 5) is 27.7. The van der Waals surface area contributed by atoms with Crippen LogP contribution in [0.15, 0.2) is 85.1 Å². The molecule has 4 aliphatic rings. The number of carbonyl (C=O) groups is 2. The molecular weight excluding hydrogens is 927 g/mol. The van der Waals surface area contributed by atoms with Crippen LogP contribution in [0.4, 0.5) is 4.79 Å². The van der Waals surface area contributed by atoms with E-state index in [-0.39, 0.29) is 44.7 Å². The van der Waals surface area contributed by atoms with E-state index in [2.05, 4.69) is 5.32 Å². The number of nitrogens with two attached hydrogens (primary N) is 1. The molecule has 0 aromatic rings. The quantitative estimate of drug-likeness (QED) is 0.171. The fraction of sp³-hybridized carbons (Fsp3) is 0.686. The second kappa shape index (κ2) is 29.9. The van der Waals surface area contributed by atoms with Crippen molar-refractivity contribution in [1.29, 1.82) is 0 Å². The van der Waals surface area contributed by atoms with Crippen molar-refractivity contribution in [2.75, 3.05) is 26.3 Å². The average Bonchev–Trinajstić information content (AvgIpc) is 3.31. The number of ether oxygens (including phenoxy) is 5. The van der Waals surface area contributed by atoms with E-state index in [9.17, 15) is 60.7 Å². The molecule has 2 bridgehead atoms. The topological polar surface area (TPSA) is 324 Å². The summed E-state index contributed by atoms with van der Waals surface area (Å²) < 4.78 is 29.2. The Morgan fingerprint density at radius 1 is 0.690 bits per heavy atom. The number of rotatable bonds is 3. The lowest BCUT2D eigenvalue weighted by Gasteiger charge is -2.47. The van der Waals surface area contributed by atoms with Crippen LogP contribution >= 0.6 is 0 Å². The van der Waals surface area contributed by atoms with Gasteiger partial charge in [0.2, 0.25) is 0 Å². The van der Waals surface area contributed by atoms with E-state index in [0.29, 0.717) is 13.2 Å². The van der Waals surface area contributed by atoms with Crippen molar-refractivity contribution < 1.29 is 84.3 Å². The van der Waals surface area contributed by atoms with Gasteiger partial charge in [0.1, 0.15) is 12.2 Å². The molecule has 8 unspecified atom stereocenters. The number of cyclic esters (lactones) is 1. The third-order valence-corrected chi connectivity index (χ3v) is 13.3. The zero-order chi connectivity index (χ0) is 52.3. The van der Waals surface area contributed by atoms with Gasteiger partial charge in [-0.25, -0.2) is 4.79 Å². The highest BCUT2D eigenvalue weighted by atomic mass is 16.7. The fourth-order valence-electron chi connectivity index (χ4n) is 8.84. The Morgan fingerprint density at radius 2 is 1.28 bits per heavy atom. The molecule has 402 valence electrons. The molecule has 0 aromatic carbocycles. The van der Waals surface area contributed by atoms with Crippen LogP contribution in [-0.2, 0) is 28.5 Å². The molecule has 0 aliphatic carbocycles. The van der Waals surface area contributed by atoms with E-state index in [1.165, 1.54) is 4.90 Å². The Hall–Kier alpha value is -3.68. The number of hydrogen-bond acceptors (Lipinski definition) is 18. The van der Waals surface area contributed by atoms with Crippen LogP contribution in [0.5, 0.6) is 0 Å². The van der Waals surface area contributed by atoms with Crippen molar-refractivity contribution in [3.05, 3.63) is 85.1 Å². The standard InChI is InChI=1S/C51H81N3O17/c1-31-17-15-13-11-9-7-5-6-8-10-12-14-16-18-38(70-49-48(64)44(52)47(63)34(4)69-49)28-42-45(53-50(65)54-21-23-67-24-22-54)41(60)30-51(66,71-42)29-37(57)26-40(59)39(58)20-19-35(55)25-36(56)27-43(61)68-33(3)32(2)46(31)62/h5-18,31-42,44-49,55-60,62-64,66H,19-30,52H2,1-4H3,(H,53,65)/b6-5+,9-7+,10-8+,13-11+,14-12+,17-15+,18-16+/t31-,32-,33-,34?,35?,36?,37?,38?,39?,40?,41-,42-,44-,45+,46+,47+,48-,49-,51?/m0/s1. The first-order valence-corrected chi connectivity index (χ1v) is 24.8. The molecule has 2 amide bonds. The normalized spacial score (nSPS) is 43.9. The first kappa shape index (κ1) is 59.9. The highest BCUT2D eigenvalue weighted by molar-refractivity contribution is 5.74. The molecule has 0 saturated carbocycles. The second-order valence-electron chi connectivity index (χ2n) is 19.3. The lowest BCUT2D eigenvalue weighted by atomic mass is 9.87. The Labute approximate surface area is 417 Å². The second-order valence-corrected chi connectivity index (χ2v) is 19.3. The van der Waals surface area contributed by atoms with Crippen molar-refractivity contribution in [2.24, 2.45) is 17.6 Å². The van der Waals surface area contributed by atoms with E-state index < -0.39 is 147 Å². The SMILES string of the molecule is CC1O[C@@H](OC2/C=C/C=C/C=C/C=C/C=C/C=C/C=C/[C@H](C)[C@@H](O)[C@@H](C)[C@H](C)OC(=O)CC(O)CC(O)CCC(O)C(O)CC(O)CC3(O)C[C@H](O)[C@@H](NC(=O)N4CCOCC4)[C@H](C2)O3)[C@@H](O)[C@@H](N)[C@@H]1O. The number of esters is 1. The van der Waals surface area contributed by atoms with Crippen LogP contribution in [0, 0.1) is 11.8 Å². The van der Waals surface area contributed by atoms with Gasteiger partial charge in [-0.05, 0) is 33.1 Å². The molecule has 4 heterocycles. The van der Waals surface area contributed by atoms with Gasteiger partial charge in [-0.15, -0.1) is 0 Å². The number of allylic oxidation sites excluding steroid dienone is 12. The molecule has 13 N–H and O–H groups in total. The third-order valence-electron chi connectivity index (χ3n) is 13.3. The summed E-state index contributed by atoms with van der Waals surface area (Å²) in [5.74, 6) is -3.70. The molecule has 71 heavy (non-hydrogen) atoms. The van der Waals surface area contributed by atoms with Crippen LogP contribution in [-0.4, -0.2) is 198 Å². The first-order chi connectivity index (χ1) is 33.7. The maximum absolute atomic E-state index is 13.5. The summed E-state index contributed by atoms with van der Waals surface area (Å²) in [5, 5.41) is 113. The summed E-state index contributed by atoms with van der Waals surface area (Å²) in [6.45, 7) is 7.98. The molecule has 4 aliphatic heterocycles. The number of amides is 2. The number of aliphatic hydroxyl groups excluding tert-OH is 9. The Balaban J connectivity index is 1.59. The first-order valence-electron chi connectivity index (χ1n) is 24.8. The lowest BCUT2D eigenvalue weighted by Crippen LogP contribution is -2.64. The van der Waals surface area contributed by atoms with Gasteiger partial charge in [-0.2, -0.15) is 0 Å². The predicted molar refractivity (Wildman–Crippen MR) is 261 cm³/mol. The van der Waals surface area contributed by atoms with Crippen LogP contribution in [0.2, 0.25) is 0 Å². The van der Waals surface area contributed by atoms with Gasteiger partial charge < -0.3 is 90.7 Å². The molecule has 20 heteroatoms. The van der Waals surface area contributed by atoms with Gasteiger partial charge in [0.15, 0.2) is 12.1 Å². The van der Waals surface area contributed by atoms with Gasteiger partial charge in [-0.1, -0.05) is 98.9 Å². The van der Waals surface area contributed by atoms with Gasteiger partial charge >= 0.3 is 12.0 Å². The Bertz CT molecular complexity index is 1820. The lowest BCUT2D eigenvalue weighted by molar-refractivity contribution is -0.303. The van der Waals surface area contributed by atoms with Crippen LogP contribution < -0.4 is 11.1 Å². The van der Waals surface area contributed by atoms with Crippen LogP contribution in [0.1, 0.15) is 79.1 Å². The number of carbonyl (C=O) groups excluding carboxylic acids is 2.